The average molecular weight is 421 g/mol. The molecule has 0 saturated carbocycles. The van der Waals surface area contributed by atoms with Crippen LogP contribution in [0.25, 0.3) is 0 Å². The van der Waals surface area contributed by atoms with Crippen LogP contribution in [0.3, 0.4) is 0 Å². The molecule has 1 unspecified atom stereocenters. The van der Waals surface area contributed by atoms with Crippen molar-refractivity contribution in [2.24, 2.45) is 0 Å². The Bertz CT molecular complexity index is 1110. The molecular weight excluding hydrogens is 404 g/mol. The Balaban J connectivity index is 1.62. The molecule has 1 N–H and O–H groups in total. The van der Waals surface area contributed by atoms with Crippen molar-refractivity contribution in [2.45, 2.75) is 30.6 Å². The molecule has 27 heavy (non-hydrogen) atoms. The molecule has 2 aromatic heterocycles. The summed E-state index contributed by atoms with van der Waals surface area (Å²) in [6.07, 6.45) is 0.650. The second kappa shape index (κ2) is 6.70. The predicted molar refractivity (Wildman–Crippen MR) is 106 cm³/mol. The first kappa shape index (κ1) is 18.1. The summed E-state index contributed by atoms with van der Waals surface area (Å²) >= 11 is 2.15. The predicted octanol–water partition coefficient (Wildman–Crippen LogP) is 3.30. The Morgan fingerprint density at radius 1 is 1.30 bits per heavy atom. The highest BCUT2D eigenvalue weighted by Crippen LogP contribution is 2.38. The van der Waals surface area contributed by atoms with E-state index in [9.17, 15) is 13.2 Å². The minimum atomic E-state index is -3.85. The second-order valence-electron chi connectivity index (χ2n) is 6.29. The number of benzene rings is 1. The van der Waals surface area contributed by atoms with Crippen molar-refractivity contribution in [3.63, 3.8) is 0 Å². The molecule has 1 aliphatic rings. The van der Waals surface area contributed by atoms with Gasteiger partial charge in [0, 0.05) is 6.04 Å². The normalized spacial score (nSPS) is 16.4. The molecule has 7 nitrogen and oxygen atoms in total. The number of hydrogen-bond acceptors (Lipinski definition) is 7. The standard InChI is InChI=1S/C17H16N4O3S3/c1-10-5-6-13-12(8-10)9-11(2)21(13)27(23,24)17-20-19-16(26-17)18-15(22)14-4-3-7-25-14/h3-8,11H,9H2,1-2H3,(H,18,19,22). The number of carbonyl (C=O) groups is 1. The molecule has 0 spiro atoms. The number of sulfonamides is 1. The number of amides is 1. The van der Waals surface area contributed by atoms with E-state index in [0.29, 0.717) is 17.0 Å². The first-order chi connectivity index (χ1) is 12.9. The van der Waals surface area contributed by atoms with Crippen LogP contribution >= 0.6 is 22.7 Å². The van der Waals surface area contributed by atoms with Crippen LogP contribution in [0.15, 0.2) is 40.1 Å². The Labute approximate surface area is 164 Å². The largest absolute Gasteiger partial charge is 0.296 e. The van der Waals surface area contributed by atoms with E-state index in [4.69, 9.17) is 0 Å². The van der Waals surface area contributed by atoms with E-state index in [2.05, 4.69) is 15.5 Å². The molecule has 1 atom stereocenters. The number of aromatic nitrogens is 2. The third-order valence-electron chi connectivity index (χ3n) is 4.24. The first-order valence-electron chi connectivity index (χ1n) is 8.18. The number of nitrogens with zero attached hydrogens (tertiary/aromatic N) is 3. The van der Waals surface area contributed by atoms with Crippen LogP contribution in [0.4, 0.5) is 10.8 Å². The van der Waals surface area contributed by atoms with Crippen molar-refractivity contribution >= 4 is 49.4 Å². The number of thiophene rings is 1. The lowest BCUT2D eigenvalue weighted by molar-refractivity contribution is 0.103. The quantitative estimate of drug-likeness (QED) is 0.654. The number of nitrogens with one attached hydrogen (secondary N) is 1. The van der Waals surface area contributed by atoms with Gasteiger partial charge in [0.05, 0.1) is 10.6 Å². The highest BCUT2D eigenvalue weighted by atomic mass is 32.2. The molecular formula is C17H16N4O3S3. The summed E-state index contributed by atoms with van der Waals surface area (Å²) in [5, 5.41) is 12.2. The zero-order chi connectivity index (χ0) is 19.2. The van der Waals surface area contributed by atoms with Crippen molar-refractivity contribution < 1.29 is 13.2 Å². The third-order valence-corrected chi connectivity index (χ3v) is 8.22. The smallest absolute Gasteiger partial charge is 0.293 e. The van der Waals surface area contributed by atoms with E-state index < -0.39 is 10.0 Å². The Kier molecular flexibility index (Phi) is 4.49. The summed E-state index contributed by atoms with van der Waals surface area (Å²) in [4.78, 5) is 12.6. The summed E-state index contributed by atoms with van der Waals surface area (Å²) < 4.78 is 27.5. The van der Waals surface area contributed by atoms with Gasteiger partial charge in [-0.1, -0.05) is 35.1 Å². The molecule has 0 bridgehead atoms. The first-order valence-corrected chi connectivity index (χ1v) is 11.3. The second-order valence-corrected chi connectivity index (χ2v) is 10.2. The number of hydrogen-bond donors (Lipinski definition) is 1. The molecule has 10 heteroatoms. The minimum Gasteiger partial charge on any atom is -0.296 e. The van der Waals surface area contributed by atoms with Gasteiger partial charge < -0.3 is 0 Å². The fraction of sp³-hybridized carbons (Fsp3) is 0.235. The molecule has 3 heterocycles. The zero-order valence-electron chi connectivity index (χ0n) is 14.5. The lowest BCUT2D eigenvalue weighted by Gasteiger charge is -2.22. The van der Waals surface area contributed by atoms with Gasteiger partial charge in [-0.05, 0) is 43.3 Å². The molecule has 0 aliphatic carbocycles. The van der Waals surface area contributed by atoms with Gasteiger partial charge in [0.15, 0.2) is 0 Å². The monoisotopic (exact) mass is 420 g/mol. The van der Waals surface area contributed by atoms with E-state index in [0.717, 1.165) is 22.5 Å². The molecule has 1 aliphatic heterocycles. The van der Waals surface area contributed by atoms with Crippen LogP contribution in [-0.4, -0.2) is 30.6 Å². The SMILES string of the molecule is Cc1ccc2c(c1)CC(C)N2S(=O)(=O)c1nnc(NC(=O)c2cccs2)s1. The van der Waals surface area contributed by atoms with Gasteiger partial charge in [0.25, 0.3) is 20.3 Å². The number of anilines is 2. The molecule has 140 valence electrons. The van der Waals surface area contributed by atoms with Crippen LogP contribution in [0.5, 0.6) is 0 Å². The van der Waals surface area contributed by atoms with Gasteiger partial charge in [0.2, 0.25) is 5.13 Å². The Morgan fingerprint density at radius 2 is 2.11 bits per heavy atom. The summed E-state index contributed by atoms with van der Waals surface area (Å²) in [5.74, 6) is -0.333. The van der Waals surface area contributed by atoms with E-state index >= 15 is 0 Å². The van der Waals surface area contributed by atoms with Gasteiger partial charge in [-0.15, -0.1) is 21.5 Å². The highest BCUT2D eigenvalue weighted by molar-refractivity contribution is 7.94. The number of carbonyl (C=O) groups excluding carboxylic acids is 1. The third kappa shape index (κ3) is 3.24. The summed E-state index contributed by atoms with van der Waals surface area (Å²) in [7, 11) is -3.85. The molecule has 4 rings (SSSR count). The maximum Gasteiger partial charge on any atom is 0.293 e. The topological polar surface area (TPSA) is 92.3 Å². The summed E-state index contributed by atoms with van der Waals surface area (Å²) in [5.41, 5.74) is 2.77. The van der Waals surface area contributed by atoms with Crippen molar-refractivity contribution in [1.82, 2.24) is 10.2 Å². The molecule has 0 saturated heterocycles. The molecule has 1 aromatic carbocycles. The van der Waals surface area contributed by atoms with Crippen LogP contribution in [-0.2, 0) is 16.4 Å². The molecule has 0 radical (unpaired) electrons. The molecule has 3 aromatic rings. The number of rotatable bonds is 4. The van der Waals surface area contributed by atoms with Gasteiger partial charge >= 0.3 is 0 Å². The van der Waals surface area contributed by atoms with Crippen LogP contribution < -0.4 is 9.62 Å². The summed E-state index contributed by atoms with van der Waals surface area (Å²) in [6, 6.07) is 8.97. The number of aryl methyl sites for hydroxylation is 1. The van der Waals surface area contributed by atoms with E-state index in [1.807, 2.05) is 32.0 Å². The Morgan fingerprint density at radius 3 is 2.85 bits per heavy atom. The minimum absolute atomic E-state index is 0.135. The Hall–Kier alpha value is -2.30. The maximum absolute atomic E-state index is 13.1. The van der Waals surface area contributed by atoms with Crippen molar-refractivity contribution in [2.75, 3.05) is 9.62 Å². The maximum atomic E-state index is 13.1. The molecule has 0 fully saturated rings. The lowest BCUT2D eigenvalue weighted by Crippen LogP contribution is -2.35. The van der Waals surface area contributed by atoms with Gasteiger partial charge in [-0.25, -0.2) is 0 Å². The van der Waals surface area contributed by atoms with Crippen LogP contribution in [0, 0.1) is 6.92 Å². The van der Waals surface area contributed by atoms with Gasteiger partial charge in [-0.3, -0.25) is 14.4 Å². The van der Waals surface area contributed by atoms with Crippen LogP contribution in [0.2, 0.25) is 0 Å². The highest BCUT2D eigenvalue weighted by Gasteiger charge is 2.38. The molecule has 1 amide bonds. The van der Waals surface area contributed by atoms with Gasteiger partial charge in [-0.2, -0.15) is 8.42 Å². The van der Waals surface area contributed by atoms with E-state index in [1.54, 1.807) is 17.5 Å². The number of fused-ring (bicyclic) bond motifs is 1. The fourth-order valence-corrected chi connectivity index (χ4v) is 6.40. The zero-order valence-corrected chi connectivity index (χ0v) is 17.0. The van der Waals surface area contributed by atoms with E-state index in [1.165, 1.54) is 15.6 Å². The summed E-state index contributed by atoms with van der Waals surface area (Å²) in [6.45, 7) is 3.85. The fourth-order valence-electron chi connectivity index (χ4n) is 3.11. The van der Waals surface area contributed by atoms with Gasteiger partial charge in [0.1, 0.15) is 0 Å². The lowest BCUT2D eigenvalue weighted by atomic mass is 10.1. The van der Waals surface area contributed by atoms with E-state index in [-0.39, 0.29) is 21.4 Å². The van der Waals surface area contributed by atoms with Crippen molar-refractivity contribution in [3.8, 4) is 0 Å². The van der Waals surface area contributed by atoms with Crippen LogP contribution in [0.1, 0.15) is 27.7 Å². The van der Waals surface area contributed by atoms with Crippen molar-refractivity contribution in [1.29, 1.82) is 0 Å². The van der Waals surface area contributed by atoms with Crippen molar-refractivity contribution in [3.05, 3.63) is 51.7 Å². The average Bonchev–Trinajstić information content (AvgIpc) is 3.33.